The SMILES string of the molecule is C=CC1=CCC2OC(OC)(c3ccccc3)OC12. The number of rotatable bonds is 3. The van der Waals surface area contributed by atoms with Crippen molar-refractivity contribution >= 4 is 0 Å². The van der Waals surface area contributed by atoms with E-state index in [1.54, 1.807) is 7.11 Å². The Morgan fingerprint density at radius 3 is 2.78 bits per heavy atom. The van der Waals surface area contributed by atoms with Crippen molar-refractivity contribution in [2.75, 3.05) is 7.11 Å². The first-order chi connectivity index (χ1) is 8.79. The molecular weight excluding hydrogens is 228 g/mol. The lowest BCUT2D eigenvalue weighted by Crippen LogP contribution is -2.30. The molecule has 1 aliphatic heterocycles. The van der Waals surface area contributed by atoms with E-state index < -0.39 is 5.97 Å². The van der Waals surface area contributed by atoms with Crippen LogP contribution in [0.4, 0.5) is 0 Å². The fraction of sp³-hybridized carbons (Fsp3) is 0.333. The van der Waals surface area contributed by atoms with Crippen molar-refractivity contribution in [3.8, 4) is 0 Å². The van der Waals surface area contributed by atoms with Crippen molar-refractivity contribution < 1.29 is 14.2 Å². The highest BCUT2D eigenvalue weighted by Crippen LogP contribution is 2.44. The van der Waals surface area contributed by atoms with Gasteiger partial charge in [-0.25, -0.2) is 0 Å². The van der Waals surface area contributed by atoms with Crippen LogP contribution in [0.5, 0.6) is 0 Å². The van der Waals surface area contributed by atoms with E-state index in [2.05, 4.69) is 12.7 Å². The van der Waals surface area contributed by atoms with E-state index in [0.717, 1.165) is 17.6 Å². The third-order valence-electron chi connectivity index (χ3n) is 3.47. The van der Waals surface area contributed by atoms with Gasteiger partial charge >= 0.3 is 5.97 Å². The van der Waals surface area contributed by atoms with Crippen molar-refractivity contribution in [3.05, 3.63) is 60.2 Å². The number of benzene rings is 1. The van der Waals surface area contributed by atoms with Crippen molar-refractivity contribution in [3.63, 3.8) is 0 Å². The second kappa shape index (κ2) is 4.35. The van der Waals surface area contributed by atoms with Crippen molar-refractivity contribution in [2.45, 2.75) is 24.6 Å². The van der Waals surface area contributed by atoms with E-state index in [0.29, 0.717) is 0 Å². The summed E-state index contributed by atoms with van der Waals surface area (Å²) in [6.07, 6.45) is 4.70. The Labute approximate surface area is 107 Å². The summed E-state index contributed by atoms with van der Waals surface area (Å²) in [5, 5.41) is 0. The topological polar surface area (TPSA) is 27.7 Å². The Bertz CT molecular complexity index is 480. The molecule has 0 N–H and O–H groups in total. The maximum absolute atomic E-state index is 6.03. The Kier molecular flexibility index (Phi) is 2.82. The molecule has 1 aromatic rings. The van der Waals surface area contributed by atoms with Gasteiger partial charge in [0.25, 0.3) is 0 Å². The predicted molar refractivity (Wildman–Crippen MR) is 67.8 cm³/mol. The van der Waals surface area contributed by atoms with E-state index >= 15 is 0 Å². The lowest BCUT2D eigenvalue weighted by molar-refractivity contribution is -0.342. The van der Waals surface area contributed by atoms with Crippen molar-refractivity contribution in [1.82, 2.24) is 0 Å². The first-order valence-electron chi connectivity index (χ1n) is 6.08. The Hall–Kier alpha value is -1.42. The smallest absolute Gasteiger partial charge is 0.312 e. The zero-order valence-corrected chi connectivity index (χ0v) is 10.3. The van der Waals surface area contributed by atoms with Gasteiger partial charge in [0.05, 0.1) is 6.10 Å². The summed E-state index contributed by atoms with van der Waals surface area (Å²) in [4.78, 5) is 0. The molecule has 3 unspecified atom stereocenters. The van der Waals surface area contributed by atoms with Crippen molar-refractivity contribution in [1.29, 1.82) is 0 Å². The highest BCUT2D eigenvalue weighted by Gasteiger charge is 2.51. The number of hydrogen-bond donors (Lipinski definition) is 0. The standard InChI is InChI=1S/C15H16O3/c1-3-11-9-10-13-14(11)18-15(16-2,17-13)12-7-5-4-6-8-12/h3-9,13-14H,1,10H2,2H3. The quantitative estimate of drug-likeness (QED) is 0.818. The number of ether oxygens (including phenoxy) is 3. The van der Waals surface area contributed by atoms with Gasteiger partial charge in [0, 0.05) is 12.7 Å². The minimum Gasteiger partial charge on any atom is -0.327 e. The molecule has 0 amide bonds. The molecular formula is C15H16O3. The average Bonchev–Trinajstić information content (AvgIpc) is 2.97. The lowest BCUT2D eigenvalue weighted by atomic mass is 10.1. The van der Waals surface area contributed by atoms with Gasteiger partial charge in [-0.15, -0.1) is 0 Å². The van der Waals surface area contributed by atoms with Crippen LogP contribution >= 0.6 is 0 Å². The molecule has 1 heterocycles. The molecule has 3 nitrogen and oxygen atoms in total. The molecule has 1 aromatic carbocycles. The Morgan fingerprint density at radius 2 is 2.11 bits per heavy atom. The van der Waals surface area contributed by atoms with E-state index in [9.17, 15) is 0 Å². The molecule has 3 rings (SSSR count). The largest absolute Gasteiger partial charge is 0.327 e. The molecule has 0 aromatic heterocycles. The number of fused-ring (bicyclic) bond motifs is 1. The predicted octanol–water partition coefficient (Wildman–Crippen LogP) is 2.74. The summed E-state index contributed by atoms with van der Waals surface area (Å²) in [5.74, 6) is -1.08. The van der Waals surface area contributed by atoms with E-state index in [4.69, 9.17) is 14.2 Å². The molecule has 0 spiro atoms. The van der Waals surface area contributed by atoms with Gasteiger partial charge in [-0.05, 0) is 12.0 Å². The van der Waals surface area contributed by atoms with Crippen LogP contribution in [-0.4, -0.2) is 19.3 Å². The van der Waals surface area contributed by atoms with Gasteiger partial charge in [0.15, 0.2) is 0 Å². The zero-order valence-electron chi connectivity index (χ0n) is 10.3. The number of hydrogen-bond acceptors (Lipinski definition) is 3. The molecule has 0 radical (unpaired) electrons. The molecule has 94 valence electrons. The summed E-state index contributed by atoms with van der Waals surface area (Å²) in [5.41, 5.74) is 1.96. The summed E-state index contributed by atoms with van der Waals surface area (Å²) in [7, 11) is 1.60. The summed E-state index contributed by atoms with van der Waals surface area (Å²) >= 11 is 0. The third-order valence-corrected chi connectivity index (χ3v) is 3.47. The Morgan fingerprint density at radius 1 is 1.33 bits per heavy atom. The minimum absolute atomic E-state index is 0.0122. The van der Waals surface area contributed by atoms with E-state index in [1.165, 1.54) is 0 Å². The van der Waals surface area contributed by atoms with Crippen molar-refractivity contribution in [2.24, 2.45) is 0 Å². The second-order valence-corrected chi connectivity index (χ2v) is 4.47. The first kappa shape index (κ1) is 11.7. The summed E-state index contributed by atoms with van der Waals surface area (Å²) in [6, 6.07) is 9.74. The third kappa shape index (κ3) is 1.63. The molecule has 3 heteroatoms. The van der Waals surface area contributed by atoms with Gasteiger partial charge in [-0.1, -0.05) is 49.1 Å². The first-order valence-corrected chi connectivity index (χ1v) is 6.08. The van der Waals surface area contributed by atoms with E-state index in [-0.39, 0.29) is 12.2 Å². The molecule has 1 aliphatic carbocycles. The van der Waals surface area contributed by atoms with Crippen LogP contribution in [0.2, 0.25) is 0 Å². The molecule has 0 bridgehead atoms. The van der Waals surface area contributed by atoms with Crippen LogP contribution < -0.4 is 0 Å². The zero-order chi connectivity index (χ0) is 12.6. The molecule has 1 fully saturated rings. The molecule has 2 aliphatic rings. The van der Waals surface area contributed by atoms with Gasteiger partial charge in [-0.3, -0.25) is 0 Å². The van der Waals surface area contributed by atoms with E-state index in [1.807, 2.05) is 36.4 Å². The Balaban J connectivity index is 1.93. The molecule has 18 heavy (non-hydrogen) atoms. The van der Waals surface area contributed by atoms with Crippen LogP contribution in [-0.2, 0) is 20.2 Å². The minimum atomic E-state index is -1.08. The second-order valence-electron chi connectivity index (χ2n) is 4.47. The maximum atomic E-state index is 6.03. The number of methoxy groups -OCH3 is 1. The van der Waals surface area contributed by atoms with Crippen LogP contribution in [0.15, 0.2) is 54.6 Å². The van der Waals surface area contributed by atoms with Crippen LogP contribution in [0.25, 0.3) is 0 Å². The fourth-order valence-corrected chi connectivity index (χ4v) is 2.55. The summed E-state index contributed by atoms with van der Waals surface area (Å²) < 4.78 is 17.5. The van der Waals surface area contributed by atoms with Gasteiger partial charge in [0.2, 0.25) is 0 Å². The maximum Gasteiger partial charge on any atom is 0.312 e. The fourth-order valence-electron chi connectivity index (χ4n) is 2.55. The molecule has 1 saturated heterocycles. The van der Waals surface area contributed by atoms with Gasteiger partial charge in [0.1, 0.15) is 6.10 Å². The summed E-state index contributed by atoms with van der Waals surface area (Å²) in [6.45, 7) is 3.80. The normalized spacial score (nSPS) is 34.2. The highest BCUT2D eigenvalue weighted by atomic mass is 16.9. The molecule has 0 saturated carbocycles. The highest BCUT2D eigenvalue weighted by molar-refractivity contribution is 5.31. The molecule has 3 atom stereocenters. The van der Waals surface area contributed by atoms with Crippen LogP contribution in [0.1, 0.15) is 12.0 Å². The van der Waals surface area contributed by atoms with Crippen LogP contribution in [0, 0.1) is 0 Å². The average molecular weight is 244 g/mol. The van der Waals surface area contributed by atoms with Gasteiger partial charge < -0.3 is 14.2 Å². The van der Waals surface area contributed by atoms with Gasteiger partial charge in [-0.2, -0.15) is 0 Å². The lowest BCUT2D eigenvalue weighted by Gasteiger charge is -2.26. The monoisotopic (exact) mass is 244 g/mol. The van der Waals surface area contributed by atoms with Crippen LogP contribution in [0.3, 0.4) is 0 Å².